The Kier molecular flexibility index (Phi) is 9.40. The lowest BCUT2D eigenvalue weighted by molar-refractivity contribution is 0.0627. The first kappa shape index (κ1) is 25.3. The lowest BCUT2D eigenvalue weighted by Crippen LogP contribution is -2.48. The van der Waals surface area contributed by atoms with Crippen LogP contribution in [0.25, 0.3) is 0 Å². The summed E-state index contributed by atoms with van der Waals surface area (Å²) < 4.78 is 38.3. The summed E-state index contributed by atoms with van der Waals surface area (Å²) in [5, 5.41) is 0. The van der Waals surface area contributed by atoms with E-state index in [9.17, 15) is 13.2 Å². The van der Waals surface area contributed by atoms with Crippen LogP contribution in [0.15, 0.2) is 59.5 Å². The van der Waals surface area contributed by atoms with E-state index in [1.54, 1.807) is 37.3 Å². The second kappa shape index (κ2) is 12.2. The predicted molar refractivity (Wildman–Crippen MR) is 127 cm³/mol. The second-order valence-electron chi connectivity index (χ2n) is 7.97. The maximum atomic E-state index is 13.3. The van der Waals surface area contributed by atoms with Crippen LogP contribution in [0.2, 0.25) is 0 Å². The number of hydrogen-bond donors (Lipinski definition) is 0. The number of piperazine rings is 1. The van der Waals surface area contributed by atoms with Crippen molar-refractivity contribution in [1.82, 2.24) is 14.1 Å². The Morgan fingerprint density at radius 3 is 2.15 bits per heavy atom. The highest BCUT2D eigenvalue weighted by atomic mass is 32.2. The quantitative estimate of drug-likeness (QED) is 0.494. The molecule has 0 N–H and O–H groups in total. The van der Waals surface area contributed by atoms with Crippen LogP contribution in [0.5, 0.6) is 0 Å². The van der Waals surface area contributed by atoms with Crippen LogP contribution in [0, 0.1) is 0 Å². The number of benzene rings is 2. The first-order valence-corrected chi connectivity index (χ1v) is 12.5. The fourth-order valence-electron chi connectivity index (χ4n) is 3.81. The molecule has 1 amide bonds. The minimum absolute atomic E-state index is 0.142. The van der Waals surface area contributed by atoms with Crippen LogP contribution in [0.4, 0.5) is 0 Å². The fourth-order valence-corrected chi connectivity index (χ4v) is 5.28. The Balaban J connectivity index is 1.67. The summed E-state index contributed by atoms with van der Waals surface area (Å²) in [5.74, 6) is -0.242. The summed E-state index contributed by atoms with van der Waals surface area (Å²) >= 11 is 0. The Bertz CT molecular complexity index is 984. The van der Waals surface area contributed by atoms with E-state index in [1.807, 2.05) is 18.2 Å². The molecule has 3 rings (SSSR count). The van der Waals surface area contributed by atoms with Crippen LogP contribution in [-0.4, -0.2) is 95.1 Å². The van der Waals surface area contributed by atoms with Crippen LogP contribution in [0.1, 0.15) is 15.9 Å². The lowest BCUT2D eigenvalue weighted by Gasteiger charge is -2.34. The molecule has 0 atom stereocenters. The number of nitrogens with zero attached hydrogens (tertiary/aromatic N) is 3. The number of hydrogen-bond acceptors (Lipinski definition) is 6. The molecule has 0 spiro atoms. The van der Waals surface area contributed by atoms with E-state index >= 15 is 0 Å². The SMILES string of the molecule is COCCN(CCOC)C(=O)c1cccc(S(=O)(=O)N2CCN(Cc3ccccc3)CC2)c1. The summed E-state index contributed by atoms with van der Waals surface area (Å²) in [5.41, 5.74) is 1.55. The highest BCUT2D eigenvalue weighted by Gasteiger charge is 2.29. The number of rotatable bonds is 11. The first-order chi connectivity index (χ1) is 16.0. The summed E-state index contributed by atoms with van der Waals surface area (Å²) in [6.45, 7) is 4.54. The standard InChI is InChI=1S/C24H33N3O5S/c1-31-17-15-26(16-18-32-2)24(28)22-9-6-10-23(19-22)33(29,30)27-13-11-25(12-14-27)20-21-7-4-3-5-8-21/h3-10,19H,11-18,20H2,1-2H3. The van der Waals surface area contributed by atoms with Gasteiger partial charge in [0.1, 0.15) is 0 Å². The maximum Gasteiger partial charge on any atom is 0.254 e. The largest absolute Gasteiger partial charge is 0.383 e. The molecule has 33 heavy (non-hydrogen) atoms. The number of carbonyl (C=O) groups is 1. The fraction of sp³-hybridized carbons (Fsp3) is 0.458. The molecule has 0 unspecified atom stereocenters. The second-order valence-corrected chi connectivity index (χ2v) is 9.91. The van der Waals surface area contributed by atoms with Gasteiger partial charge in [-0.1, -0.05) is 36.4 Å². The summed E-state index contributed by atoms with van der Waals surface area (Å²) in [4.78, 5) is 17.0. The smallest absolute Gasteiger partial charge is 0.254 e. The highest BCUT2D eigenvalue weighted by Crippen LogP contribution is 2.20. The van der Waals surface area contributed by atoms with Crippen LogP contribution < -0.4 is 0 Å². The minimum Gasteiger partial charge on any atom is -0.383 e. The molecule has 0 aromatic heterocycles. The molecule has 2 aromatic rings. The maximum absolute atomic E-state index is 13.3. The third-order valence-corrected chi connectivity index (χ3v) is 7.61. The molecule has 8 nitrogen and oxygen atoms in total. The Hall–Kier alpha value is -2.30. The van der Waals surface area contributed by atoms with Crippen molar-refractivity contribution >= 4 is 15.9 Å². The number of ether oxygens (including phenoxy) is 2. The van der Waals surface area contributed by atoms with Crippen molar-refractivity contribution in [2.24, 2.45) is 0 Å². The Morgan fingerprint density at radius 2 is 1.55 bits per heavy atom. The van der Waals surface area contributed by atoms with Crippen LogP contribution >= 0.6 is 0 Å². The van der Waals surface area contributed by atoms with E-state index in [0.29, 0.717) is 58.0 Å². The van der Waals surface area contributed by atoms with Crippen molar-refractivity contribution < 1.29 is 22.7 Å². The van der Waals surface area contributed by atoms with Crippen molar-refractivity contribution in [3.05, 3.63) is 65.7 Å². The molecule has 9 heteroatoms. The van der Waals surface area contributed by atoms with Crippen molar-refractivity contribution in [2.45, 2.75) is 11.4 Å². The monoisotopic (exact) mass is 475 g/mol. The number of methoxy groups -OCH3 is 2. The summed E-state index contributed by atoms with van der Waals surface area (Å²) in [6, 6.07) is 16.5. The average molecular weight is 476 g/mol. The zero-order valence-electron chi connectivity index (χ0n) is 19.4. The zero-order valence-corrected chi connectivity index (χ0v) is 20.2. The van der Waals surface area contributed by atoms with Crippen molar-refractivity contribution in [3.8, 4) is 0 Å². The minimum atomic E-state index is -3.69. The molecule has 1 fully saturated rings. The van der Waals surface area contributed by atoms with Gasteiger partial charge in [0.15, 0.2) is 0 Å². The van der Waals surface area contributed by atoms with Gasteiger partial charge < -0.3 is 14.4 Å². The van der Waals surface area contributed by atoms with E-state index in [-0.39, 0.29) is 10.8 Å². The van der Waals surface area contributed by atoms with Gasteiger partial charge in [-0.15, -0.1) is 0 Å². The normalized spacial score (nSPS) is 15.5. The highest BCUT2D eigenvalue weighted by molar-refractivity contribution is 7.89. The van der Waals surface area contributed by atoms with Gasteiger partial charge in [-0.2, -0.15) is 4.31 Å². The molecule has 0 radical (unpaired) electrons. The van der Waals surface area contributed by atoms with E-state index in [1.165, 1.54) is 15.9 Å². The average Bonchev–Trinajstić information content (AvgIpc) is 2.85. The molecule has 180 valence electrons. The summed E-state index contributed by atoms with van der Waals surface area (Å²) in [6.07, 6.45) is 0. The van der Waals surface area contributed by atoms with Gasteiger partial charge in [-0.3, -0.25) is 9.69 Å². The third-order valence-electron chi connectivity index (χ3n) is 5.72. The molecular formula is C24H33N3O5S. The number of sulfonamides is 1. The molecular weight excluding hydrogens is 442 g/mol. The number of carbonyl (C=O) groups excluding carboxylic acids is 1. The Labute approximate surface area is 196 Å². The van der Waals surface area contributed by atoms with Gasteiger partial charge in [0.2, 0.25) is 10.0 Å². The van der Waals surface area contributed by atoms with E-state index in [0.717, 1.165) is 6.54 Å². The van der Waals surface area contributed by atoms with Crippen molar-refractivity contribution in [3.63, 3.8) is 0 Å². The lowest BCUT2D eigenvalue weighted by atomic mass is 10.2. The summed E-state index contributed by atoms with van der Waals surface area (Å²) in [7, 11) is -0.537. The number of amides is 1. The topological polar surface area (TPSA) is 79.4 Å². The molecule has 0 aliphatic carbocycles. The molecule has 0 bridgehead atoms. The molecule has 1 heterocycles. The van der Waals surface area contributed by atoms with E-state index in [4.69, 9.17) is 9.47 Å². The predicted octanol–water partition coefficient (Wildman–Crippen LogP) is 1.93. The van der Waals surface area contributed by atoms with Gasteiger partial charge in [-0.25, -0.2) is 8.42 Å². The first-order valence-electron chi connectivity index (χ1n) is 11.1. The third kappa shape index (κ3) is 6.84. The molecule has 2 aromatic carbocycles. The van der Waals surface area contributed by atoms with Crippen LogP contribution in [0.3, 0.4) is 0 Å². The van der Waals surface area contributed by atoms with Crippen molar-refractivity contribution in [1.29, 1.82) is 0 Å². The van der Waals surface area contributed by atoms with Gasteiger partial charge in [0.25, 0.3) is 5.91 Å². The van der Waals surface area contributed by atoms with Crippen molar-refractivity contribution in [2.75, 3.05) is 66.7 Å². The molecule has 0 saturated carbocycles. The van der Waals surface area contributed by atoms with Gasteiger partial charge in [-0.05, 0) is 23.8 Å². The zero-order chi connectivity index (χ0) is 23.7. The molecule has 1 aliphatic rings. The molecule has 1 saturated heterocycles. The van der Waals surface area contributed by atoms with E-state index < -0.39 is 10.0 Å². The van der Waals surface area contributed by atoms with Crippen LogP contribution in [-0.2, 0) is 26.0 Å². The van der Waals surface area contributed by atoms with Gasteiger partial charge >= 0.3 is 0 Å². The molecule has 1 aliphatic heterocycles. The van der Waals surface area contributed by atoms with Gasteiger partial charge in [0.05, 0.1) is 18.1 Å². The van der Waals surface area contributed by atoms with Gasteiger partial charge in [0, 0.05) is 65.6 Å². The Morgan fingerprint density at radius 1 is 0.909 bits per heavy atom. The van der Waals surface area contributed by atoms with E-state index in [2.05, 4.69) is 17.0 Å².